The molecular weight excluding hydrogens is 298 g/mol. The molecule has 1 aromatic rings. The van der Waals surface area contributed by atoms with E-state index < -0.39 is 17.9 Å². The van der Waals surface area contributed by atoms with E-state index in [4.69, 9.17) is 9.84 Å². The minimum absolute atomic E-state index is 0.0226. The summed E-state index contributed by atoms with van der Waals surface area (Å²) in [5, 5.41) is 11.4. The predicted molar refractivity (Wildman–Crippen MR) is 85.3 cm³/mol. The molecule has 1 atom stereocenters. The number of nitrogens with one attached hydrogen (secondary N) is 1. The molecule has 0 fully saturated rings. The van der Waals surface area contributed by atoms with Crippen LogP contribution in [0, 0.1) is 6.92 Å². The molecular formula is C17H21NO5. The van der Waals surface area contributed by atoms with Crippen molar-refractivity contribution in [1.29, 1.82) is 0 Å². The van der Waals surface area contributed by atoms with Crippen molar-refractivity contribution in [3.05, 3.63) is 48.0 Å². The Kier molecular flexibility index (Phi) is 7.70. The lowest BCUT2D eigenvalue weighted by molar-refractivity contribution is -0.143. The van der Waals surface area contributed by atoms with Gasteiger partial charge in [-0.1, -0.05) is 35.9 Å². The molecule has 1 unspecified atom stereocenters. The quantitative estimate of drug-likeness (QED) is 0.389. The number of carboxylic acid groups (broad SMARTS) is 1. The van der Waals surface area contributed by atoms with E-state index in [-0.39, 0.29) is 31.8 Å². The van der Waals surface area contributed by atoms with E-state index in [0.717, 1.165) is 5.56 Å². The van der Waals surface area contributed by atoms with Crippen molar-refractivity contribution in [2.45, 2.75) is 25.8 Å². The van der Waals surface area contributed by atoms with Crippen LogP contribution >= 0.6 is 0 Å². The highest BCUT2D eigenvalue weighted by Gasteiger charge is 2.20. The van der Waals surface area contributed by atoms with Crippen LogP contribution in [0.1, 0.15) is 28.8 Å². The van der Waals surface area contributed by atoms with Gasteiger partial charge in [0.05, 0.1) is 13.2 Å². The van der Waals surface area contributed by atoms with E-state index in [1.807, 2.05) is 19.1 Å². The van der Waals surface area contributed by atoms with Crippen LogP contribution in [-0.4, -0.2) is 42.0 Å². The maximum Gasteiger partial charge on any atom is 0.328 e. The number of ether oxygens (including phenoxy) is 1. The maximum absolute atomic E-state index is 12.0. The molecule has 1 aromatic carbocycles. The Balaban J connectivity index is 2.45. The second-order valence-corrected chi connectivity index (χ2v) is 5.07. The number of rotatable bonds is 10. The van der Waals surface area contributed by atoms with E-state index in [2.05, 4.69) is 11.9 Å². The summed E-state index contributed by atoms with van der Waals surface area (Å²) in [4.78, 5) is 34.8. The smallest absolute Gasteiger partial charge is 0.328 e. The second kappa shape index (κ2) is 9.53. The molecule has 0 aliphatic carbocycles. The number of aryl methyl sites for hydroxylation is 1. The molecule has 124 valence electrons. The first kappa shape index (κ1) is 18.6. The highest BCUT2D eigenvalue weighted by atomic mass is 16.5. The third-order valence-corrected chi connectivity index (χ3v) is 3.11. The van der Waals surface area contributed by atoms with Crippen molar-refractivity contribution in [2.75, 3.05) is 13.2 Å². The molecule has 1 rings (SSSR count). The number of benzene rings is 1. The van der Waals surface area contributed by atoms with E-state index in [1.54, 1.807) is 12.1 Å². The average molecular weight is 319 g/mol. The zero-order valence-electron chi connectivity index (χ0n) is 13.1. The van der Waals surface area contributed by atoms with Crippen LogP contribution in [0.2, 0.25) is 0 Å². The summed E-state index contributed by atoms with van der Waals surface area (Å²) in [5.74, 6) is -1.85. The van der Waals surface area contributed by atoms with Crippen molar-refractivity contribution < 1.29 is 24.2 Å². The van der Waals surface area contributed by atoms with Gasteiger partial charge in [0.1, 0.15) is 0 Å². The SMILES string of the molecule is C=CCOCC(NC(=O)CCC(=O)c1ccc(C)cc1)C(=O)O. The topological polar surface area (TPSA) is 92.7 Å². The monoisotopic (exact) mass is 319 g/mol. The molecule has 0 saturated heterocycles. The minimum Gasteiger partial charge on any atom is -0.480 e. The summed E-state index contributed by atoms with van der Waals surface area (Å²) in [7, 11) is 0. The Morgan fingerprint density at radius 3 is 2.48 bits per heavy atom. The van der Waals surface area contributed by atoms with Gasteiger partial charge in [-0.05, 0) is 6.92 Å². The molecule has 0 aliphatic rings. The highest BCUT2D eigenvalue weighted by Crippen LogP contribution is 2.07. The molecule has 0 saturated carbocycles. The number of hydrogen-bond donors (Lipinski definition) is 2. The second-order valence-electron chi connectivity index (χ2n) is 5.07. The number of Topliss-reactive ketones (excluding diaryl/α,β-unsaturated/α-hetero) is 1. The first-order valence-corrected chi connectivity index (χ1v) is 7.24. The zero-order chi connectivity index (χ0) is 17.2. The number of amides is 1. The first-order valence-electron chi connectivity index (χ1n) is 7.24. The standard InChI is InChI=1S/C17H21NO5/c1-3-10-23-11-14(17(21)22)18-16(20)9-8-15(19)13-6-4-12(2)5-7-13/h3-7,14H,1,8-11H2,2H3,(H,18,20)(H,21,22). The molecule has 0 radical (unpaired) electrons. The molecule has 6 heteroatoms. The average Bonchev–Trinajstić information content (AvgIpc) is 2.52. The summed E-state index contributed by atoms with van der Waals surface area (Å²) >= 11 is 0. The number of ketones is 1. The van der Waals surface area contributed by atoms with Crippen LogP contribution in [0.4, 0.5) is 0 Å². The normalized spacial score (nSPS) is 11.5. The number of hydrogen-bond acceptors (Lipinski definition) is 4. The predicted octanol–water partition coefficient (Wildman–Crippen LogP) is 1.73. The van der Waals surface area contributed by atoms with Gasteiger partial charge in [0.15, 0.2) is 11.8 Å². The zero-order valence-corrected chi connectivity index (χ0v) is 13.1. The molecule has 0 aliphatic heterocycles. The van der Waals surface area contributed by atoms with Gasteiger partial charge in [-0.2, -0.15) is 0 Å². The van der Waals surface area contributed by atoms with Crippen LogP contribution in [0.5, 0.6) is 0 Å². The van der Waals surface area contributed by atoms with E-state index in [1.165, 1.54) is 6.08 Å². The Hall–Kier alpha value is -2.47. The summed E-state index contributed by atoms with van der Waals surface area (Å²) in [6.07, 6.45) is 1.44. The maximum atomic E-state index is 12.0. The van der Waals surface area contributed by atoms with Gasteiger partial charge >= 0.3 is 5.97 Å². The Morgan fingerprint density at radius 2 is 1.91 bits per heavy atom. The largest absolute Gasteiger partial charge is 0.480 e. The fourth-order valence-electron chi connectivity index (χ4n) is 1.82. The molecule has 0 aromatic heterocycles. The van der Waals surface area contributed by atoms with E-state index in [0.29, 0.717) is 5.56 Å². The van der Waals surface area contributed by atoms with E-state index >= 15 is 0 Å². The van der Waals surface area contributed by atoms with Crippen molar-refractivity contribution in [1.82, 2.24) is 5.32 Å². The van der Waals surface area contributed by atoms with Gasteiger partial charge in [0, 0.05) is 18.4 Å². The number of carbonyl (C=O) groups excluding carboxylic acids is 2. The molecule has 23 heavy (non-hydrogen) atoms. The van der Waals surface area contributed by atoms with Crippen LogP contribution in [0.15, 0.2) is 36.9 Å². The molecule has 1 amide bonds. The lowest BCUT2D eigenvalue weighted by Gasteiger charge is -2.14. The van der Waals surface area contributed by atoms with Gasteiger partial charge < -0.3 is 15.2 Å². The fraction of sp³-hybridized carbons (Fsp3) is 0.353. The van der Waals surface area contributed by atoms with Gasteiger partial charge in [-0.15, -0.1) is 6.58 Å². The Morgan fingerprint density at radius 1 is 1.26 bits per heavy atom. The number of carbonyl (C=O) groups is 3. The Labute approximate surface area is 135 Å². The van der Waals surface area contributed by atoms with Crippen LogP contribution in [0.3, 0.4) is 0 Å². The third-order valence-electron chi connectivity index (χ3n) is 3.11. The number of aliphatic carboxylic acids is 1. The van der Waals surface area contributed by atoms with Crippen molar-refractivity contribution in [3.63, 3.8) is 0 Å². The summed E-state index contributed by atoms with van der Waals surface area (Å²) in [6, 6.07) is 5.92. The lowest BCUT2D eigenvalue weighted by atomic mass is 10.0. The number of carboxylic acids is 1. The molecule has 0 spiro atoms. The van der Waals surface area contributed by atoms with Gasteiger partial charge in [0.25, 0.3) is 0 Å². The van der Waals surface area contributed by atoms with Crippen molar-refractivity contribution >= 4 is 17.7 Å². The van der Waals surface area contributed by atoms with Crippen LogP contribution in [-0.2, 0) is 14.3 Å². The van der Waals surface area contributed by atoms with E-state index in [9.17, 15) is 14.4 Å². The molecule has 0 heterocycles. The Bertz CT molecular complexity index is 565. The summed E-state index contributed by atoms with van der Waals surface area (Å²) in [6.45, 7) is 5.41. The molecule has 2 N–H and O–H groups in total. The highest BCUT2D eigenvalue weighted by molar-refractivity contribution is 5.98. The van der Waals surface area contributed by atoms with Gasteiger partial charge in [-0.25, -0.2) is 4.79 Å². The van der Waals surface area contributed by atoms with Crippen molar-refractivity contribution in [3.8, 4) is 0 Å². The minimum atomic E-state index is -1.19. The van der Waals surface area contributed by atoms with Crippen LogP contribution < -0.4 is 5.32 Å². The van der Waals surface area contributed by atoms with Crippen molar-refractivity contribution in [2.24, 2.45) is 0 Å². The third kappa shape index (κ3) is 6.88. The molecule has 6 nitrogen and oxygen atoms in total. The fourth-order valence-corrected chi connectivity index (χ4v) is 1.82. The summed E-state index contributed by atoms with van der Waals surface area (Å²) in [5.41, 5.74) is 1.58. The lowest BCUT2D eigenvalue weighted by Crippen LogP contribution is -2.44. The van der Waals surface area contributed by atoms with Gasteiger partial charge in [-0.3, -0.25) is 9.59 Å². The van der Waals surface area contributed by atoms with Gasteiger partial charge in [0.2, 0.25) is 5.91 Å². The first-order chi connectivity index (χ1) is 10.9. The summed E-state index contributed by atoms with van der Waals surface area (Å²) < 4.78 is 5.03. The molecule has 0 bridgehead atoms. The van der Waals surface area contributed by atoms with Crippen LogP contribution in [0.25, 0.3) is 0 Å².